The Hall–Kier alpha value is -1.92. The van der Waals surface area contributed by atoms with Gasteiger partial charge in [0, 0.05) is 4.88 Å². The first-order valence-corrected chi connectivity index (χ1v) is 7.57. The molecule has 2 heterocycles. The molecule has 0 radical (unpaired) electrons. The van der Waals surface area contributed by atoms with Crippen molar-refractivity contribution in [1.29, 1.82) is 0 Å². The zero-order valence-corrected chi connectivity index (χ0v) is 12.4. The number of thiophene rings is 1. The summed E-state index contributed by atoms with van der Waals surface area (Å²) < 4.78 is 0. The fourth-order valence-corrected chi connectivity index (χ4v) is 3.86. The number of aryl methyl sites for hydroxylation is 1. The van der Waals surface area contributed by atoms with Crippen LogP contribution in [0.25, 0.3) is 0 Å². The average Bonchev–Trinajstić information content (AvgIpc) is 2.98. The Labute approximate surface area is 129 Å². The van der Waals surface area contributed by atoms with Gasteiger partial charge in [-0.25, -0.2) is 9.78 Å². The smallest absolute Gasteiger partial charge is 0.339 e. The Kier molecular flexibility index (Phi) is 3.65. The van der Waals surface area contributed by atoms with Gasteiger partial charge in [0.2, 0.25) is 0 Å². The van der Waals surface area contributed by atoms with Gasteiger partial charge in [0.1, 0.15) is 15.8 Å². The lowest BCUT2D eigenvalue weighted by atomic mass is 10.1. The molecule has 1 amide bonds. The molecule has 2 N–H and O–H groups in total. The number of anilines is 1. The van der Waals surface area contributed by atoms with Gasteiger partial charge in [0.15, 0.2) is 0 Å². The van der Waals surface area contributed by atoms with Crippen molar-refractivity contribution in [2.75, 3.05) is 5.32 Å². The summed E-state index contributed by atoms with van der Waals surface area (Å²) in [6.45, 7) is 0. The normalized spacial score (nSPS) is 13.0. The van der Waals surface area contributed by atoms with E-state index >= 15 is 0 Å². The fraction of sp³-hybridized carbons (Fsp3) is 0.214. The number of nitrogens with zero attached hydrogens (tertiary/aromatic N) is 1. The minimum Gasteiger partial charge on any atom is -0.478 e. The molecule has 0 fully saturated rings. The van der Waals surface area contributed by atoms with Crippen LogP contribution in [-0.2, 0) is 12.8 Å². The molecule has 0 saturated heterocycles. The Morgan fingerprint density at radius 1 is 1.33 bits per heavy atom. The third-order valence-corrected chi connectivity index (χ3v) is 4.73. The lowest BCUT2D eigenvalue weighted by molar-refractivity contribution is 0.0697. The second kappa shape index (κ2) is 5.46. The number of carbonyl (C=O) groups is 2. The predicted molar refractivity (Wildman–Crippen MR) is 80.5 cm³/mol. The van der Waals surface area contributed by atoms with Crippen LogP contribution in [0, 0.1) is 0 Å². The maximum Gasteiger partial charge on any atom is 0.339 e. The lowest BCUT2D eigenvalue weighted by Crippen LogP contribution is -2.15. The molecule has 1 aliphatic carbocycles. The third-order valence-electron chi connectivity index (χ3n) is 3.31. The van der Waals surface area contributed by atoms with E-state index in [1.54, 1.807) is 12.1 Å². The number of carboxylic acid groups (broad SMARTS) is 1. The largest absolute Gasteiger partial charge is 0.478 e. The van der Waals surface area contributed by atoms with Gasteiger partial charge in [-0.05, 0) is 37.0 Å². The molecule has 0 atom stereocenters. The number of carbonyl (C=O) groups excluding carboxylic acids is 1. The minimum atomic E-state index is -1.01. The SMILES string of the molecule is O=C(Nc1sc2c(c1C(=O)O)CCC2)c1cccc(Cl)n1. The van der Waals surface area contributed by atoms with Gasteiger partial charge >= 0.3 is 5.97 Å². The first kappa shape index (κ1) is 14.0. The molecule has 0 aliphatic heterocycles. The molecule has 5 nitrogen and oxygen atoms in total. The van der Waals surface area contributed by atoms with Gasteiger partial charge in [-0.1, -0.05) is 17.7 Å². The standard InChI is InChI=1S/C14H11ClN2O3S/c15-10-6-2-4-8(16-10)12(18)17-13-11(14(19)20)7-3-1-5-9(7)21-13/h2,4,6H,1,3,5H2,(H,17,18)(H,19,20). The quantitative estimate of drug-likeness (QED) is 0.850. The van der Waals surface area contributed by atoms with Gasteiger partial charge in [-0.2, -0.15) is 0 Å². The average molecular weight is 323 g/mol. The van der Waals surface area contributed by atoms with Crippen molar-refractivity contribution in [3.05, 3.63) is 45.1 Å². The number of aromatic carboxylic acids is 1. The van der Waals surface area contributed by atoms with Gasteiger partial charge in [-0.3, -0.25) is 4.79 Å². The van der Waals surface area contributed by atoms with Crippen LogP contribution in [0.1, 0.15) is 37.7 Å². The Bertz CT molecular complexity index is 742. The van der Waals surface area contributed by atoms with Crippen LogP contribution >= 0.6 is 22.9 Å². The van der Waals surface area contributed by atoms with Gasteiger partial charge < -0.3 is 10.4 Å². The van der Waals surface area contributed by atoms with Gasteiger partial charge in [-0.15, -0.1) is 11.3 Å². The van der Waals surface area contributed by atoms with Crippen LogP contribution in [0.4, 0.5) is 5.00 Å². The van der Waals surface area contributed by atoms with E-state index < -0.39 is 11.9 Å². The van der Waals surface area contributed by atoms with Gasteiger partial charge in [0.05, 0.1) is 5.56 Å². The van der Waals surface area contributed by atoms with E-state index in [0.717, 1.165) is 29.7 Å². The number of aromatic nitrogens is 1. The van der Waals surface area contributed by atoms with Gasteiger partial charge in [0.25, 0.3) is 5.91 Å². The van der Waals surface area contributed by atoms with Crippen LogP contribution in [0.15, 0.2) is 18.2 Å². The summed E-state index contributed by atoms with van der Waals surface area (Å²) >= 11 is 7.08. The van der Waals surface area contributed by atoms with E-state index in [2.05, 4.69) is 10.3 Å². The van der Waals surface area contributed by atoms with E-state index in [9.17, 15) is 14.7 Å². The van der Waals surface area contributed by atoms with Crippen molar-refractivity contribution < 1.29 is 14.7 Å². The number of halogens is 1. The van der Waals surface area contributed by atoms with Crippen LogP contribution in [0.3, 0.4) is 0 Å². The summed E-state index contributed by atoms with van der Waals surface area (Å²) in [5.74, 6) is -1.47. The van der Waals surface area contributed by atoms with Crippen molar-refractivity contribution in [2.24, 2.45) is 0 Å². The zero-order chi connectivity index (χ0) is 15.0. The minimum absolute atomic E-state index is 0.160. The summed E-state index contributed by atoms with van der Waals surface area (Å²) in [5.41, 5.74) is 1.22. The Morgan fingerprint density at radius 3 is 2.86 bits per heavy atom. The second-order valence-electron chi connectivity index (χ2n) is 4.67. The van der Waals surface area contributed by atoms with Crippen molar-refractivity contribution in [3.8, 4) is 0 Å². The third kappa shape index (κ3) is 2.64. The molecule has 0 saturated carbocycles. The molecule has 0 aromatic carbocycles. The second-order valence-corrected chi connectivity index (χ2v) is 6.16. The highest BCUT2D eigenvalue weighted by molar-refractivity contribution is 7.17. The highest BCUT2D eigenvalue weighted by Crippen LogP contribution is 2.39. The molecule has 2 aromatic heterocycles. The molecular weight excluding hydrogens is 312 g/mol. The van der Waals surface area contributed by atoms with Crippen LogP contribution < -0.4 is 5.32 Å². The molecule has 3 rings (SSSR count). The van der Waals surface area contributed by atoms with Crippen molar-refractivity contribution in [3.63, 3.8) is 0 Å². The molecule has 0 bridgehead atoms. The predicted octanol–water partition coefficient (Wildman–Crippen LogP) is 3.24. The molecular formula is C14H11ClN2O3S. The number of hydrogen-bond acceptors (Lipinski definition) is 4. The van der Waals surface area contributed by atoms with E-state index in [1.807, 2.05) is 0 Å². The molecule has 1 aliphatic rings. The van der Waals surface area contributed by atoms with E-state index in [-0.39, 0.29) is 16.4 Å². The highest BCUT2D eigenvalue weighted by Gasteiger charge is 2.27. The topological polar surface area (TPSA) is 79.3 Å². The first-order valence-electron chi connectivity index (χ1n) is 6.38. The van der Waals surface area contributed by atoms with Crippen LogP contribution in [0.2, 0.25) is 5.15 Å². The number of amides is 1. The molecule has 7 heteroatoms. The maximum atomic E-state index is 12.1. The highest BCUT2D eigenvalue weighted by atomic mass is 35.5. The number of rotatable bonds is 3. The Balaban J connectivity index is 1.92. The molecule has 108 valence electrons. The van der Waals surface area contributed by atoms with Crippen molar-refractivity contribution in [2.45, 2.75) is 19.3 Å². The number of hydrogen-bond donors (Lipinski definition) is 2. The summed E-state index contributed by atoms with van der Waals surface area (Å²) in [7, 11) is 0. The number of fused-ring (bicyclic) bond motifs is 1. The number of pyridine rings is 1. The molecule has 21 heavy (non-hydrogen) atoms. The number of nitrogens with one attached hydrogen (secondary N) is 1. The van der Waals surface area contributed by atoms with Crippen LogP contribution in [0.5, 0.6) is 0 Å². The van der Waals surface area contributed by atoms with E-state index in [4.69, 9.17) is 11.6 Å². The summed E-state index contributed by atoms with van der Waals surface area (Å²) in [5, 5.41) is 12.6. The first-order chi connectivity index (χ1) is 10.1. The fourth-order valence-electron chi connectivity index (χ4n) is 2.42. The van der Waals surface area contributed by atoms with E-state index in [0.29, 0.717) is 5.00 Å². The number of carboxylic acids is 1. The molecule has 0 spiro atoms. The van der Waals surface area contributed by atoms with Crippen molar-refractivity contribution >= 4 is 39.8 Å². The summed E-state index contributed by atoms with van der Waals surface area (Å²) in [4.78, 5) is 28.5. The zero-order valence-electron chi connectivity index (χ0n) is 10.9. The van der Waals surface area contributed by atoms with Crippen molar-refractivity contribution in [1.82, 2.24) is 4.98 Å². The Morgan fingerprint density at radius 2 is 2.14 bits per heavy atom. The van der Waals surface area contributed by atoms with Crippen LogP contribution in [-0.4, -0.2) is 22.0 Å². The molecule has 2 aromatic rings. The summed E-state index contributed by atoms with van der Waals surface area (Å²) in [6.07, 6.45) is 2.58. The lowest BCUT2D eigenvalue weighted by Gasteiger charge is -2.05. The van der Waals surface area contributed by atoms with E-state index in [1.165, 1.54) is 17.4 Å². The maximum absolute atomic E-state index is 12.1. The molecule has 0 unspecified atom stereocenters. The monoisotopic (exact) mass is 322 g/mol. The summed E-state index contributed by atoms with van der Waals surface area (Å²) in [6, 6.07) is 4.72.